The van der Waals surface area contributed by atoms with Gasteiger partial charge >= 0.3 is 0 Å². The summed E-state index contributed by atoms with van der Waals surface area (Å²) in [5.74, 6) is 0.279. The third-order valence-electron chi connectivity index (χ3n) is 3.83. The molecule has 1 aromatic carbocycles. The molecule has 0 bridgehead atoms. The fraction of sp³-hybridized carbons (Fsp3) is 0.571. The van der Waals surface area contributed by atoms with Gasteiger partial charge in [-0.3, -0.25) is 0 Å². The van der Waals surface area contributed by atoms with E-state index in [2.05, 4.69) is 18.7 Å². The Morgan fingerprint density at radius 3 is 2.78 bits per heavy atom. The van der Waals surface area contributed by atoms with Crippen molar-refractivity contribution in [3.05, 3.63) is 17.9 Å². The summed E-state index contributed by atoms with van der Waals surface area (Å²) >= 11 is 0. The van der Waals surface area contributed by atoms with Gasteiger partial charge in [-0.05, 0) is 26.2 Å². The highest BCUT2D eigenvalue weighted by Crippen LogP contribution is 2.37. The number of rotatable bonds is 3. The molecular weight excluding hydrogens is 231 g/mol. The molecule has 0 aromatic heterocycles. The summed E-state index contributed by atoms with van der Waals surface area (Å²) < 4.78 is 19.3. The first kappa shape index (κ1) is 13.0. The molecule has 0 saturated carbocycles. The van der Waals surface area contributed by atoms with Crippen molar-refractivity contribution >= 4 is 11.4 Å². The highest BCUT2D eigenvalue weighted by molar-refractivity contribution is 5.64. The second kappa shape index (κ2) is 5.04. The molecule has 2 rings (SSSR count). The molecule has 0 spiro atoms. The van der Waals surface area contributed by atoms with E-state index in [1.54, 1.807) is 13.2 Å². The average Bonchev–Trinajstić information content (AvgIpc) is 2.71. The first-order valence-electron chi connectivity index (χ1n) is 6.49. The van der Waals surface area contributed by atoms with Crippen LogP contribution in [0.5, 0.6) is 5.75 Å². The molecule has 1 aliphatic rings. The van der Waals surface area contributed by atoms with Gasteiger partial charge in [-0.2, -0.15) is 0 Å². The molecule has 0 aliphatic carbocycles. The van der Waals surface area contributed by atoms with Crippen molar-refractivity contribution in [2.24, 2.45) is 0 Å². The van der Waals surface area contributed by atoms with E-state index in [4.69, 9.17) is 10.5 Å². The molecule has 1 fully saturated rings. The van der Waals surface area contributed by atoms with E-state index in [9.17, 15) is 4.39 Å². The summed E-state index contributed by atoms with van der Waals surface area (Å²) in [6.45, 7) is 4.28. The zero-order valence-corrected chi connectivity index (χ0v) is 11.2. The molecule has 1 heterocycles. The highest BCUT2D eigenvalue weighted by Gasteiger charge is 2.31. The Morgan fingerprint density at radius 1 is 1.44 bits per heavy atom. The lowest BCUT2D eigenvalue weighted by Gasteiger charge is -2.31. The third kappa shape index (κ3) is 2.11. The van der Waals surface area contributed by atoms with Crippen molar-refractivity contribution in [3.8, 4) is 5.75 Å². The number of benzene rings is 1. The lowest BCUT2D eigenvalue weighted by atomic mass is 10.1. The topological polar surface area (TPSA) is 38.5 Å². The predicted molar refractivity (Wildman–Crippen MR) is 72.6 cm³/mol. The summed E-state index contributed by atoms with van der Waals surface area (Å²) in [4.78, 5) is 2.16. The number of nitrogens with zero attached hydrogens (tertiary/aromatic N) is 1. The van der Waals surface area contributed by atoms with Crippen LogP contribution in [0.2, 0.25) is 0 Å². The van der Waals surface area contributed by atoms with Crippen molar-refractivity contribution in [3.63, 3.8) is 0 Å². The van der Waals surface area contributed by atoms with E-state index >= 15 is 0 Å². The molecule has 4 heteroatoms. The smallest absolute Gasteiger partial charge is 0.148 e. The standard InChI is InChI=1S/C14H21FN2O/c1-4-10-6-5-9(2)17(10)13-8-14(18-3)12(16)7-11(13)15/h7-10H,4-6,16H2,1-3H3. The van der Waals surface area contributed by atoms with Crippen LogP contribution in [0.25, 0.3) is 0 Å². The number of nitrogens with two attached hydrogens (primary N) is 1. The summed E-state index contributed by atoms with van der Waals surface area (Å²) in [6, 6.07) is 3.83. The number of nitrogen functional groups attached to an aromatic ring is 1. The molecule has 2 atom stereocenters. The van der Waals surface area contributed by atoms with Gasteiger partial charge in [0.15, 0.2) is 0 Å². The molecule has 18 heavy (non-hydrogen) atoms. The Balaban J connectivity index is 2.43. The SMILES string of the molecule is CCC1CCC(C)N1c1cc(OC)c(N)cc1F. The van der Waals surface area contributed by atoms with E-state index in [-0.39, 0.29) is 5.82 Å². The second-order valence-corrected chi connectivity index (χ2v) is 4.94. The van der Waals surface area contributed by atoms with Crippen LogP contribution in [0.3, 0.4) is 0 Å². The van der Waals surface area contributed by atoms with Gasteiger partial charge in [0.2, 0.25) is 0 Å². The van der Waals surface area contributed by atoms with Crippen LogP contribution in [0.15, 0.2) is 12.1 Å². The number of hydrogen-bond acceptors (Lipinski definition) is 3. The molecule has 1 aromatic rings. The van der Waals surface area contributed by atoms with Gasteiger partial charge in [0.05, 0.1) is 18.5 Å². The Morgan fingerprint density at radius 2 is 2.17 bits per heavy atom. The zero-order chi connectivity index (χ0) is 13.3. The van der Waals surface area contributed by atoms with Crippen LogP contribution >= 0.6 is 0 Å². The number of hydrogen-bond donors (Lipinski definition) is 1. The second-order valence-electron chi connectivity index (χ2n) is 4.94. The van der Waals surface area contributed by atoms with Gasteiger partial charge in [0.1, 0.15) is 11.6 Å². The first-order valence-corrected chi connectivity index (χ1v) is 6.49. The van der Waals surface area contributed by atoms with Crippen molar-refractivity contribution in [1.29, 1.82) is 0 Å². The summed E-state index contributed by atoms with van der Waals surface area (Å²) in [5, 5.41) is 0. The number of methoxy groups -OCH3 is 1. The van der Waals surface area contributed by atoms with Crippen molar-refractivity contribution in [1.82, 2.24) is 0 Å². The first-order chi connectivity index (χ1) is 8.58. The zero-order valence-electron chi connectivity index (χ0n) is 11.2. The Kier molecular flexibility index (Phi) is 3.64. The fourth-order valence-electron chi connectivity index (χ4n) is 2.84. The molecule has 2 N–H and O–H groups in total. The third-order valence-corrected chi connectivity index (χ3v) is 3.83. The molecule has 1 aliphatic heterocycles. The van der Waals surface area contributed by atoms with Crippen LogP contribution in [0.4, 0.5) is 15.8 Å². The molecule has 100 valence electrons. The fourth-order valence-corrected chi connectivity index (χ4v) is 2.84. The molecule has 2 unspecified atom stereocenters. The molecule has 1 saturated heterocycles. The Labute approximate surface area is 108 Å². The summed E-state index contributed by atoms with van der Waals surface area (Å²) in [6.07, 6.45) is 3.24. The average molecular weight is 252 g/mol. The van der Waals surface area contributed by atoms with Gasteiger partial charge in [-0.25, -0.2) is 4.39 Å². The maximum atomic E-state index is 14.1. The van der Waals surface area contributed by atoms with Crippen LogP contribution in [0, 0.1) is 5.82 Å². The minimum Gasteiger partial charge on any atom is -0.495 e. The summed E-state index contributed by atoms with van der Waals surface area (Å²) in [7, 11) is 1.55. The van der Waals surface area contributed by atoms with Crippen LogP contribution in [0.1, 0.15) is 33.1 Å². The van der Waals surface area contributed by atoms with E-state index in [0.717, 1.165) is 19.3 Å². The largest absolute Gasteiger partial charge is 0.495 e. The number of anilines is 2. The summed E-state index contributed by atoms with van der Waals surface area (Å²) in [5.41, 5.74) is 6.67. The number of halogens is 1. The van der Waals surface area contributed by atoms with Gasteiger partial charge < -0.3 is 15.4 Å². The number of ether oxygens (including phenoxy) is 1. The minimum atomic E-state index is -0.263. The highest BCUT2D eigenvalue weighted by atomic mass is 19.1. The lowest BCUT2D eigenvalue weighted by Crippen LogP contribution is -2.34. The minimum absolute atomic E-state index is 0.263. The van der Waals surface area contributed by atoms with E-state index in [1.807, 2.05) is 0 Å². The van der Waals surface area contributed by atoms with E-state index in [0.29, 0.717) is 29.2 Å². The molecular formula is C14H21FN2O. The van der Waals surface area contributed by atoms with Crippen LogP contribution in [-0.4, -0.2) is 19.2 Å². The maximum Gasteiger partial charge on any atom is 0.148 e. The monoisotopic (exact) mass is 252 g/mol. The van der Waals surface area contributed by atoms with Crippen molar-refractivity contribution in [2.75, 3.05) is 17.7 Å². The predicted octanol–water partition coefficient (Wildman–Crippen LogP) is 3.18. The van der Waals surface area contributed by atoms with Crippen LogP contribution < -0.4 is 15.4 Å². The molecule has 0 radical (unpaired) electrons. The Hall–Kier alpha value is -1.45. The van der Waals surface area contributed by atoms with Gasteiger partial charge in [-0.1, -0.05) is 6.92 Å². The van der Waals surface area contributed by atoms with E-state index in [1.165, 1.54) is 6.07 Å². The van der Waals surface area contributed by atoms with E-state index < -0.39 is 0 Å². The van der Waals surface area contributed by atoms with Gasteiger partial charge in [0, 0.05) is 24.2 Å². The van der Waals surface area contributed by atoms with Crippen molar-refractivity contribution in [2.45, 2.75) is 45.2 Å². The maximum absolute atomic E-state index is 14.1. The molecule has 3 nitrogen and oxygen atoms in total. The normalized spacial score (nSPS) is 23.4. The van der Waals surface area contributed by atoms with Crippen molar-refractivity contribution < 1.29 is 9.13 Å². The van der Waals surface area contributed by atoms with Gasteiger partial charge in [-0.15, -0.1) is 0 Å². The van der Waals surface area contributed by atoms with Crippen LogP contribution in [-0.2, 0) is 0 Å². The molecule has 0 amide bonds. The quantitative estimate of drug-likeness (QED) is 0.840. The lowest BCUT2D eigenvalue weighted by molar-refractivity contribution is 0.415. The Bertz CT molecular complexity index is 436. The van der Waals surface area contributed by atoms with Gasteiger partial charge in [0.25, 0.3) is 0 Å².